The minimum atomic E-state index is -0.0290. The smallest absolute Gasteiger partial charge is 0.229 e. The van der Waals surface area contributed by atoms with E-state index in [0.717, 1.165) is 33.2 Å². The molecule has 0 spiro atoms. The summed E-state index contributed by atoms with van der Waals surface area (Å²) in [6.45, 7) is 7.94. The number of furan rings is 1. The fourth-order valence-electron chi connectivity index (χ4n) is 3.04. The summed E-state index contributed by atoms with van der Waals surface area (Å²) in [5.41, 5.74) is 5.59. The van der Waals surface area contributed by atoms with Gasteiger partial charge in [0.05, 0.1) is 0 Å². The van der Waals surface area contributed by atoms with Crippen LogP contribution in [-0.4, -0.2) is 5.78 Å². The largest absolute Gasteiger partial charge is 0.452 e. The number of benzene rings is 2. The number of hydrogen-bond acceptors (Lipinski definition) is 2. The molecule has 2 nitrogen and oxygen atoms in total. The lowest BCUT2D eigenvalue weighted by atomic mass is 9.94. The van der Waals surface area contributed by atoms with Gasteiger partial charge >= 0.3 is 0 Å². The summed E-state index contributed by atoms with van der Waals surface area (Å²) >= 11 is 0. The van der Waals surface area contributed by atoms with Crippen LogP contribution < -0.4 is 0 Å². The fourth-order valence-corrected chi connectivity index (χ4v) is 3.04. The van der Waals surface area contributed by atoms with Crippen LogP contribution in [0.15, 0.2) is 40.8 Å². The maximum atomic E-state index is 12.9. The molecule has 1 aromatic heterocycles. The molecule has 0 fully saturated rings. The van der Waals surface area contributed by atoms with Crippen molar-refractivity contribution in [2.45, 2.75) is 27.7 Å². The minimum Gasteiger partial charge on any atom is -0.452 e. The van der Waals surface area contributed by atoms with Crippen molar-refractivity contribution >= 4 is 16.8 Å². The topological polar surface area (TPSA) is 30.2 Å². The quantitative estimate of drug-likeness (QED) is 0.624. The van der Waals surface area contributed by atoms with E-state index < -0.39 is 0 Å². The highest BCUT2D eigenvalue weighted by atomic mass is 16.3. The molecule has 106 valence electrons. The van der Waals surface area contributed by atoms with Gasteiger partial charge in [-0.25, -0.2) is 0 Å². The SMILES string of the molecule is Cc1cc(C)c(C(=O)c2oc3ccccc3c2C)c(C)c1. The van der Waals surface area contributed by atoms with Crippen LogP contribution >= 0.6 is 0 Å². The lowest BCUT2D eigenvalue weighted by Gasteiger charge is -2.09. The Balaban J connectivity index is 2.20. The summed E-state index contributed by atoms with van der Waals surface area (Å²) < 4.78 is 5.81. The Hall–Kier alpha value is -2.35. The molecule has 0 aliphatic carbocycles. The van der Waals surface area contributed by atoms with E-state index in [9.17, 15) is 4.79 Å². The predicted octanol–water partition coefficient (Wildman–Crippen LogP) is 4.90. The van der Waals surface area contributed by atoms with Crippen LogP contribution in [0.5, 0.6) is 0 Å². The number of rotatable bonds is 2. The molecule has 2 aromatic carbocycles. The minimum absolute atomic E-state index is 0.0290. The number of carbonyl (C=O) groups is 1. The van der Waals surface area contributed by atoms with Gasteiger partial charge in [0.1, 0.15) is 5.58 Å². The van der Waals surface area contributed by atoms with Crippen molar-refractivity contribution in [3.63, 3.8) is 0 Å². The second-order valence-corrected chi connectivity index (χ2v) is 5.66. The van der Waals surface area contributed by atoms with Crippen molar-refractivity contribution in [3.05, 3.63) is 70.0 Å². The van der Waals surface area contributed by atoms with Crippen LogP contribution in [0.1, 0.15) is 38.4 Å². The highest BCUT2D eigenvalue weighted by Crippen LogP contribution is 2.28. The summed E-state index contributed by atoms with van der Waals surface area (Å²) in [6.07, 6.45) is 0. The summed E-state index contributed by atoms with van der Waals surface area (Å²) in [5, 5.41) is 1.00. The number of hydrogen-bond donors (Lipinski definition) is 0. The van der Waals surface area contributed by atoms with E-state index >= 15 is 0 Å². The van der Waals surface area contributed by atoms with Crippen LogP contribution in [-0.2, 0) is 0 Å². The molecule has 1 heterocycles. The first-order valence-electron chi connectivity index (χ1n) is 7.09. The van der Waals surface area contributed by atoms with Gasteiger partial charge in [-0.2, -0.15) is 0 Å². The highest BCUT2D eigenvalue weighted by molar-refractivity contribution is 6.12. The maximum absolute atomic E-state index is 12.9. The Labute approximate surface area is 124 Å². The Morgan fingerprint density at radius 2 is 1.57 bits per heavy atom. The number of fused-ring (bicyclic) bond motifs is 1. The van der Waals surface area contributed by atoms with E-state index in [1.54, 1.807) is 0 Å². The first kappa shape index (κ1) is 13.6. The van der Waals surface area contributed by atoms with Gasteiger partial charge in [-0.3, -0.25) is 4.79 Å². The molecule has 21 heavy (non-hydrogen) atoms. The number of ketones is 1. The van der Waals surface area contributed by atoms with Gasteiger partial charge < -0.3 is 4.42 Å². The Morgan fingerprint density at radius 3 is 2.19 bits per heavy atom. The van der Waals surface area contributed by atoms with Gasteiger partial charge in [0.25, 0.3) is 0 Å². The molecular weight excluding hydrogens is 260 g/mol. The maximum Gasteiger partial charge on any atom is 0.229 e. The third-order valence-corrected chi connectivity index (χ3v) is 3.95. The van der Waals surface area contributed by atoms with E-state index in [0.29, 0.717) is 5.76 Å². The zero-order chi connectivity index (χ0) is 15.1. The van der Waals surface area contributed by atoms with E-state index in [2.05, 4.69) is 0 Å². The second-order valence-electron chi connectivity index (χ2n) is 5.66. The van der Waals surface area contributed by atoms with Gasteiger partial charge in [0.15, 0.2) is 5.76 Å². The van der Waals surface area contributed by atoms with E-state index in [1.807, 2.05) is 64.1 Å². The van der Waals surface area contributed by atoms with Gasteiger partial charge in [0, 0.05) is 16.5 Å². The lowest BCUT2D eigenvalue weighted by Crippen LogP contribution is -2.07. The van der Waals surface area contributed by atoms with Crippen molar-refractivity contribution in [2.24, 2.45) is 0 Å². The molecule has 3 rings (SSSR count). The number of carbonyl (C=O) groups excluding carboxylic acids is 1. The molecule has 0 saturated carbocycles. The van der Waals surface area contributed by atoms with E-state index in [1.165, 1.54) is 5.56 Å². The predicted molar refractivity (Wildman–Crippen MR) is 85.0 cm³/mol. The standard InChI is InChI=1S/C19H18O2/c1-11-9-12(2)17(13(3)10-11)18(20)19-14(4)15-7-5-6-8-16(15)21-19/h5-10H,1-4H3. The first-order valence-corrected chi connectivity index (χ1v) is 7.09. The summed E-state index contributed by atoms with van der Waals surface area (Å²) in [7, 11) is 0. The van der Waals surface area contributed by atoms with Crippen molar-refractivity contribution in [1.29, 1.82) is 0 Å². The van der Waals surface area contributed by atoms with E-state index in [-0.39, 0.29) is 5.78 Å². The lowest BCUT2D eigenvalue weighted by molar-refractivity contribution is 0.101. The van der Waals surface area contributed by atoms with E-state index in [4.69, 9.17) is 4.42 Å². The molecule has 0 saturated heterocycles. The summed E-state index contributed by atoms with van der Waals surface area (Å²) in [6, 6.07) is 11.8. The number of aryl methyl sites for hydroxylation is 4. The van der Waals surface area contributed by atoms with Gasteiger partial charge in [-0.05, 0) is 44.9 Å². The first-order chi connectivity index (χ1) is 9.99. The van der Waals surface area contributed by atoms with Crippen LogP contribution in [0.4, 0.5) is 0 Å². The molecule has 0 bridgehead atoms. The molecule has 2 heteroatoms. The molecule has 0 radical (unpaired) electrons. The van der Waals surface area contributed by atoms with Crippen LogP contribution in [0.2, 0.25) is 0 Å². The van der Waals surface area contributed by atoms with Crippen molar-refractivity contribution in [1.82, 2.24) is 0 Å². The average Bonchev–Trinajstić information content (AvgIpc) is 2.75. The molecule has 0 aliphatic heterocycles. The third-order valence-electron chi connectivity index (χ3n) is 3.95. The molecule has 0 aliphatic rings. The fraction of sp³-hybridized carbons (Fsp3) is 0.211. The van der Waals surface area contributed by atoms with Crippen LogP contribution in [0, 0.1) is 27.7 Å². The summed E-state index contributed by atoms with van der Waals surface area (Å²) in [5.74, 6) is 0.421. The molecule has 0 amide bonds. The monoisotopic (exact) mass is 278 g/mol. The normalized spacial score (nSPS) is 11.0. The zero-order valence-corrected chi connectivity index (χ0v) is 12.8. The Morgan fingerprint density at radius 1 is 0.952 bits per heavy atom. The summed E-state index contributed by atoms with van der Waals surface area (Å²) in [4.78, 5) is 12.9. The Bertz CT molecular complexity index is 830. The zero-order valence-electron chi connectivity index (χ0n) is 12.8. The van der Waals surface area contributed by atoms with Crippen LogP contribution in [0.25, 0.3) is 11.0 Å². The molecule has 0 atom stereocenters. The van der Waals surface area contributed by atoms with Gasteiger partial charge in [0.2, 0.25) is 5.78 Å². The van der Waals surface area contributed by atoms with Crippen molar-refractivity contribution in [3.8, 4) is 0 Å². The molecule has 0 N–H and O–H groups in total. The second kappa shape index (κ2) is 4.88. The van der Waals surface area contributed by atoms with Crippen molar-refractivity contribution < 1.29 is 9.21 Å². The van der Waals surface area contributed by atoms with Crippen molar-refractivity contribution in [2.75, 3.05) is 0 Å². The molecular formula is C19H18O2. The average molecular weight is 278 g/mol. The van der Waals surface area contributed by atoms with Crippen LogP contribution in [0.3, 0.4) is 0 Å². The molecule has 0 unspecified atom stereocenters. The third kappa shape index (κ3) is 2.17. The van der Waals surface area contributed by atoms with Gasteiger partial charge in [-0.1, -0.05) is 35.9 Å². The Kier molecular flexibility index (Phi) is 3.17. The number of para-hydroxylation sites is 1. The van der Waals surface area contributed by atoms with Gasteiger partial charge in [-0.15, -0.1) is 0 Å². The highest BCUT2D eigenvalue weighted by Gasteiger charge is 2.22. The molecule has 3 aromatic rings.